The van der Waals surface area contributed by atoms with Crippen molar-refractivity contribution in [2.45, 2.75) is 61.7 Å². The van der Waals surface area contributed by atoms with Crippen molar-refractivity contribution in [3.05, 3.63) is 0 Å². The van der Waals surface area contributed by atoms with Gasteiger partial charge in [0, 0.05) is 10.4 Å². The van der Waals surface area contributed by atoms with Crippen LogP contribution in [-0.2, 0) is 14.4 Å². The number of hydrazine groups is 1. The Balaban J connectivity index is 1.37. The van der Waals surface area contributed by atoms with E-state index in [0.717, 1.165) is 44.9 Å². The predicted molar refractivity (Wildman–Crippen MR) is 86.2 cm³/mol. The number of carbonyl (C=O) groups is 3. The van der Waals surface area contributed by atoms with Gasteiger partial charge in [-0.25, -0.2) is 0 Å². The van der Waals surface area contributed by atoms with Crippen LogP contribution in [0.1, 0.15) is 51.4 Å². The Morgan fingerprint density at radius 2 is 1.57 bits per heavy atom. The van der Waals surface area contributed by atoms with Crippen LogP contribution in [-0.4, -0.2) is 28.1 Å². The van der Waals surface area contributed by atoms with Gasteiger partial charge in [0.2, 0.25) is 5.91 Å². The molecule has 5 saturated carbocycles. The molecule has 5 aliphatic rings. The molecule has 0 spiro atoms. The van der Waals surface area contributed by atoms with E-state index in [1.807, 2.05) is 0 Å². The van der Waals surface area contributed by atoms with Crippen molar-refractivity contribution in [1.82, 2.24) is 16.2 Å². The summed E-state index contributed by atoms with van der Waals surface area (Å²) in [7, 11) is 0. The molecule has 0 saturated heterocycles. The van der Waals surface area contributed by atoms with Gasteiger partial charge in [-0.2, -0.15) is 0 Å². The van der Waals surface area contributed by atoms with Gasteiger partial charge in [0.15, 0.2) is 0 Å². The molecule has 23 heavy (non-hydrogen) atoms. The SMILES string of the molecule is O=C(NNC(=O)C12CC3CC(CC(Br)(C3)C1)C2)C(=O)NC1CC1. The summed E-state index contributed by atoms with van der Waals surface area (Å²) < 4.78 is 0.0851. The standard InChI is InChI=1S/C16H22BrN3O3/c17-16-6-9-3-10(7-16)5-15(4-9,8-16)14(23)20-19-13(22)12(21)18-11-1-2-11/h9-11H,1-8H2,(H,18,21)(H,19,22)(H,20,23). The quantitative estimate of drug-likeness (QED) is 0.379. The normalized spacial score (nSPS) is 40.6. The van der Waals surface area contributed by atoms with E-state index < -0.39 is 17.2 Å². The lowest BCUT2D eigenvalue weighted by Crippen LogP contribution is -2.61. The molecule has 7 heteroatoms. The summed E-state index contributed by atoms with van der Waals surface area (Å²) in [6.07, 6.45) is 7.97. The molecule has 5 fully saturated rings. The molecular formula is C16H22BrN3O3. The van der Waals surface area contributed by atoms with Crippen molar-refractivity contribution in [2.75, 3.05) is 0 Å². The number of carbonyl (C=O) groups excluding carboxylic acids is 3. The Kier molecular flexibility index (Phi) is 3.48. The van der Waals surface area contributed by atoms with Crippen LogP contribution in [0, 0.1) is 17.3 Å². The van der Waals surface area contributed by atoms with Gasteiger partial charge < -0.3 is 5.32 Å². The lowest BCUT2D eigenvalue weighted by Gasteiger charge is -2.59. The summed E-state index contributed by atoms with van der Waals surface area (Å²) in [5, 5.41) is 2.61. The average molecular weight is 384 g/mol. The molecule has 6 nitrogen and oxygen atoms in total. The fraction of sp³-hybridized carbons (Fsp3) is 0.812. The van der Waals surface area contributed by atoms with E-state index >= 15 is 0 Å². The van der Waals surface area contributed by atoms with Crippen LogP contribution in [0.5, 0.6) is 0 Å². The molecule has 5 rings (SSSR count). The predicted octanol–water partition coefficient (Wildman–Crippen LogP) is 1.15. The van der Waals surface area contributed by atoms with E-state index in [1.54, 1.807) is 0 Å². The minimum Gasteiger partial charge on any atom is -0.345 e. The molecule has 5 aliphatic carbocycles. The number of amides is 3. The number of hydrogen-bond donors (Lipinski definition) is 3. The third-order valence-corrected chi connectivity index (χ3v) is 6.81. The van der Waals surface area contributed by atoms with Crippen molar-refractivity contribution in [1.29, 1.82) is 0 Å². The van der Waals surface area contributed by atoms with Crippen molar-refractivity contribution >= 4 is 33.7 Å². The third kappa shape index (κ3) is 2.88. The average Bonchev–Trinajstić information content (AvgIpc) is 3.25. The summed E-state index contributed by atoms with van der Waals surface area (Å²) in [6, 6.07) is 0.125. The van der Waals surface area contributed by atoms with Crippen LogP contribution in [0.25, 0.3) is 0 Å². The highest BCUT2D eigenvalue weighted by molar-refractivity contribution is 9.10. The Bertz CT molecular complexity index is 561. The monoisotopic (exact) mass is 383 g/mol. The lowest BCUT2D eigenvalue weighted by atomic mass is 9.49. The van der Waals surface area contributed by atoms with Crippen LogP contribution >= 0.6 is 15.9 Å². The van der Waals surface area contributed by atoms with Crippen LogP contribution in [0.3, 0.4) is 0 Å². The Hall–Kier alpha value is -1.11. The largest absolute Gasteiger partial charge is 0.345 e. The Morgan fingerprint density at radius 1 is 0.913 bits per heavy atom. The number of nitrogens with one attached hydrogen (secondary N) is 3. The van der Waals surface area contributed by atoms with E-state index in [1.165, 1.54) is 6.42 Å². The molecule has 0 radical (unpaired) electrons. The van der Waals surface area contributed by atoms with Gasteiger partial charge in [0.1, 0.15) is 0 Å². The zero-order chi connectivity index (χ0) is 16.2. The second kappa shape index (κ2) is 5.19. The zero-order valence-corrected chi connectivity index (χ0v) is 14.6. The van der Waals surface area contributed by atoms with Crippen molar-refractivity contribution in [3.8, 4) is 0 Å². The molecule has 0 aromatic heterocycles. The first-order valence-corrected chi connectivity index (χ1v) is 9.27. The fourth-order valence-corrected chi connectivity index (χ4v) is 6.65. The van der Waals surface area contributed by atoms with Gasteiger partial charge >= 0.3 is 11.8 Å². The molecular weight excluding hydrogens is 362 g/mol. The maximum Gasteiger partial charge on any atom is 0.327 e. The summed E-state index contributed by atoms with van der Waals surface area (Å²) in [4.78, 5) is 36.1. The number of halogens is 1. The first-order valence-electron chi connectivity index (χ1n) is 8.48. The molecule has 2 atom stereocenters. The number of hydrogen-bond acceptors (Lipinski definition) is 3. The second-order valence-corrected chi connectivity index (χ2v) is 9.73. The molecule has 2 unspecified atom stereocenters. The van der Waals surface area contributed by atoms with Gasteiger partial charge in [-0.15, -0.1) is 0 Å². The zero-order valence-electron chi connectivity index (χ0n) is 13.0. The van der Waals surface area contributed by atoms with Crippen LogP contribution in [0.4, 0.5) is 0 Å². The highest BCUT2D eigenvalue weighted by Gasteiger charge is 2.59. The molecule has 4 bridgehead atoms. The molecule has 0 heterocycles. The topological polar surface area (TPSA) is 87.3 Å². The highest BCUT2D eigenvalue weighted by Crippen LogP contribution is 2.64. The summed E-state index contributed by atoms with van der Waals surface area (Å²) in [5.41, 5.74) is 4.40. The maximum atomic E-state index is 12.7. The molecule has 0 aliphatic heterocycles. The van der Waals surface area contributed by atoms with E-state index in [-0.39, 0.29) is 16.3 Å². The number of alkyl halides is 1. The third-order valence-electron chi connectivity index (χ3n) is 5.88. The maximum absolute atomic E-state index is 12.7. The first-order chi connectivity index (χ1) is 10.9. The van der Waals surface area contributed by atoms with Crippen molar-refractivity contribution < 1.29 is 14.4 Å². The number of rotatable bonds is 2. The summed E-state index contributed by atoms with van der Waals surface area (Å²) in [5.74, 6) is -0.410. The minimum atomic E-state index is -0.788. The van der Waals surface area contributed by atoms with E-state index in [4.69, 9.17) is 0 Å². The minimum absolute atomic E-state index is 0.0851. The summed E-state index contributed by atoms with van der Waals surface area (Å²) in [6.45, 7) is 0. The van der Waals surface area contributed by atoms with Gasteiger partial charge in [0.25, 0.3) is 0 Å². The van der Waals surface area contributed by atoms with E-state index in [2.05, 4.69) is 32.1 Å². The van der Waals surface area contributed by atoms with Gasteiger partial charge in [-0.05, 0) is 63.2 Å². The van der Waals surface area contributed by atoms with Gasteiger partial charge in [0.05, 0.1) is 5.41 Å². The molecule has 0 aromatic rings. The molecule has 3 N–H and O–H groups in total. The highest BCUT2D eigenvalue weighted by atomic mass is 79.9. The lowest BCUT2D eigenvalue weighted by molar-refractivity contribution is -0.148. The molecule has 126 valence electrons. The smallest absolute Gasteiger partial charge is 0.327 e. The van der Waals surface area contributed by atoms with Crippen LogP contribution in [0.15, 0.2) is 0 Å². The van der Waals surface area contributed by atoms with Crippen molar-refractivity contribution in [3.63, 3.8) is 0 Å². The van der Waals surface area contributed by atoms with Crippen LogP contribution in [0.2, 0.25) is 0 Å². The first kappa shape index (κ1) is 15.4. The van der Waals surface area contributed by atoms with Crippen molar-refractivity contribution in [2.24, 2.45) is 17.3 Å². The van der Waals surface area contributed by atoms with Gasteiger partial charge in [-0.3, -0.25) is 25.2 Å². The molecule has 3 amide bonds. The summed E-state index contributed by atoms with van der Waals surface area (Å²) >= 11 is 3.87. The van der Waals surface area contributed by atoms with Gasteiger partial charge in [-0.1, -0.05) is 15.9 Å². The van der Waals surface area contributed by atoms with Crippen LogP contribution < -0.4 is 16.2 Å². The van der Waals surface area contributed by atoms with E-state index in [0.29, 0.717) is 11.8 Å². The fourth-order valence-electron chi connectivity index (χ4n) is 5.20. The molecule has 0 aromatic carbocycles. The Labute approximate surface area is 143 Å². The Morgan fingerprint density at radius 3 is 2.13 bits per heavy atom. The van der Waals surface area contributed by atoms with E-state index in [9.17, 15) is 14.4 Å². The second-order valence-electron chi connectivity index (χ2n) is 8.05.